The summed E-state index contributed by atoms with van der Waals surface area (Å²) in [5.74, 6) is -3.04. The molecule has 0 N–H and O–H groups in total. The molecule has 0 heterocycles. The van der Waals surface area contributed by atoms with Gasteiger partial charge in [0.05, 0.1) is 17.1 Å². The van der Waals surface area contributed by atoms with Crippen molar-refractivity contribution < 1.29 is 22.1 Å². The Morgan fingerprint density at radius 3 is 2.06 bits per heavy atom. The third kappa shape index (κ3) is 2.06. The summed E-state index contributed by atoms with van der Waals surface area (Å²) in [6.07, 6.45) is 0. The molecule has 0 atom stereocenters. The zero-order valence-electron chi connectivity index (χ0n) is 7.68. The first-order valence-corrected chi connectivity index (χ1v) is 5.35. The maximum absolute atomic E-state index is 13.2. The second-order valence-electron chi connectivity index (χ2n) is 2.71. The highest BCUT2D eigenvalue weighted by Gasteiger charge is 2.24. The molecule has 0 amide bonds. The molecule has 0 bridgehead atoms. The number of non-ortho nitro benzene ring substituents is 1. The minimum atomic E-state index is -4.31. The van der Waals surface area contributed by atoms with Crippen molar-refractivity contribution in [1.82, 2.24) is 0 Å². The molecule has 0 saturated heterocycles. The average Bonchev–Trinajstić information content (AvgIpc) is 2.16. The Balaban J connectivity index is 3.58. The van der Waals surface area contributed by atoms with Gasteiger partial charge in [-0.2, -0.15) is 0 Å². The topological polar surface area (TPSA) is 77.3 Å². The number of nitro benzene ring substituents is 1. The second-order valence-corrected chi connectivity index (χ2v) is 4.54. The molecule has 1 aromatic rings. The van der Waals surface area contributed by atoms with E-state index in [0.717, 1.165) is 0 Å². The molecule has 1 rings (SSSR count). The molecular formula is C8H5F2NO4S. The van der Waals surface area contributed by atoms with Crippen molar-refractivity contribution in [3.63, 3.8) is 0 Å². The van der Waals surface area contributed by atoms with Crippen LogP contribution in [0.5, 0.6) is 0 Å². The molecule has 0 spiro atoms. The number of benzene rings is 1. The number of nitro groups is 1. The maximum Gasteiger partial charge on any atom is 0.275 e. The van der Waals surface area contributed by atoms with Crippen molar-refractivity contribution in [2.45, 2.75) is 4.90 Å². The Morgan fingerprint density at radius 1 is 1.31 bits per heavy atom. The van der Waals surface area contributed by atoms with E-state index in [1.807, 2.05) is 0 Å². The van der Waals surface area contributed by atoms with E-state index >= 15 is 0 Å². The van der Waals surface area contributed by atoms with Crippen LogP contribution in [0.25, 0.3) is 0 Å². The van der Waals surface area contributed by atoms with Crippen molar-refractivity contribution in [3.05, 3.63) is 45.9 Å². The van der Waals surface area contributed by atoms with E-state index < -0.39 is 37.0 Å². The van der Waals surface area contributed by atoms with Crippen LogP contribution in [0.3, 0.4) is 0 Å². The standard InChI is InChI=1S/C8H5F2NO4S/c1-2-16(14,15)8-6(9)3-5(11(12)13)4-7(8)10/h2-4H,1H2. The van der Waals surface area contributed by atoms with E-state index in [9.17, 15) is 27.3 Å². The van der Waals surface area contributed by atoms with Crippen molar-refractivity contribution >= 4 is 15.5 Å². The van der Waals surface area contributed by atoms with Crippen LogP contribution in [0.15, 0.2) is 29.0 Å². The first kappa shape index (κ1) is 12.2. The van der Waals surface area contributed by atoms with Crippen LogP contribution in [0.2, 0.25) is 0 Å². The van der Waals surface area contributed by atoms with Crippen molar-refractivity contribution in [3.8, 4) is 0 Å². The van der Waals surface area contributed by atoms with E-state index in [0.29, 0.717) is 17.5 Å². The first-order chi connectivity index (χ1) is 7.29. The van der Waals surface area contributed by atoms with Gasteiger partial charge in [-0.05, 0) is 0 Å². The third-order valence-corrected chi connectivity index (χ3v) is 3.10. The summed E-state index contributed by atoms with van der Waals surface area (Å²) in [5, 5.41) is 10.6. The quantitative estimate of drug-likeness (QED) is 0.604. The van der Waals surface area contributed by atoms with Crippen LogP contribution in [0, 0.1) is 21.7 Å². The van der Waals surface area contributed by atoms with Gasteiger partial charge in [0.15, 0.2) is 11.6 Å². The predicted molar refractivity (Wildman–Crippen MR) is 50.4 cm³/mol. The van der Waals surface area contributed by atoms with Gasteiger partial charge < -0.3 is 0 Å². The van der Waals surface area contributed by atoms with Gasteiger partial charge >= 0.3 is 0 Å². The van der Waals surface area contributed by atoms with Gasteiger partial charge in [-0.1, -0.05) is 6.58 Å². The van der Waals surface area contributed by atoms with Gasteiger partial charge in [0.1, 0.15) is 4.90 Å². The summed E-state index contributed by atoms with van der Waals surface area (Å²) in [7, 11) is -4.31. The molecule has 16 heavy (non-hydrogen) atoms. The second kappa shape index (κ2) is 3.97. The Labute approximate surface area is 89.1 Å². The number of hydrogen-bond donors (Lipinski definition) is 0. The predicted octanol–water partition coefficient (Wildman–Crippen LogP) is 1.79. The normalized spacial score (nSPS) is 11.1. The van der Waals surface area contributed by atoms with Crippen molar-refractivity contribution in [2.24, 2.45) is 0 Å². The minimum Gasteiger partial charge on any atom is -0.258 e. The molecule has 0 radical (unpaired) electrons. The van der Waals surface area contributed by atoms with Crippen LogP contribution in [0.1, 0.15) is 0 Å². The lowest BCUT2D eigenvalue weighted by Crippen LogP contribution is -2.04. The number of rotatable bonds is 3. The van der Waals surface area contributed by atoms with Gasteiger partial charge in [0.2, 0.25) is 9.84 Å². The largest absolute Gasteiger partial charge is 0.275 e. The molecule has 0 aliphatic carbocycles. The average molecular weight is 249 g/mol. The molecule has 0 aromatic heterocycles. The monoisotopic (exact) mass is 249 g/mol. The van der Waals surface area contributed by atoms with Gasteiger partial charge in [0.25, 0.3) is 5.69 Å². The highest BCUT2D eigenvalue weighted by atomic mass is 32.2. The Bertz CT molecular complexity index is 544. The molecule has 0 saturated carbocycles. The Hall–Kier alpha value is -1.83. The Morgan fingerprint density at radius 2 is 1.75 bits per heavy atom. The summed E-state index contributed by atoms with van der Waals surface area (Å²) < 4.78 is 48.7. The van der Waals surface area contributed by atoms with E-state index in [4.69, 9.17) is 0 Å². The highest BCUT2D eigenvalue weighted by Crippen LogP contribution is 2.25. The summed E-state index contributed by atoms with van der Waals surface area (Å²) in [4.78, 5) is 7.96. The summed E-state index contributed by atoms with van der Waals surface area (Å²) >= 11 is 0. The molecule has 0 aliphatic rings. The highest BCUT2D eigenvalue weighted by molar-refractivity contribution is 7.94. The van der Waals surface area contributed by atoms with Crippen molar-refractivity contribution in [2.75, 3.05) is 0 Å². The Kier molecular flexibility index (Phi) is 3.04. The number of sulfone groups is 1. The van der Waals surface area contributed by atoms with Gasteiger partial charge in [-0.3, -0.25) is 10.1 Å². The summed E-state index contributed by atoms with van der Waals surface area (Å²) in [6.45, 7) is 2.89. The molecule has 0 aliphatic heterocycles. The van der Waals surface area contributed by atoms with Crippen molar-refractivity contribution in [1.29, 1.82) is 0 Å². The third-order valence-electron chi connectivity index (χ3n) is 1.70. The van der Waals surface area contributed by atoms with E-state index in [1.54, 1.807) is 0 Å². The zero-order valence-corrected chi connectivity index (χ0v) is 8.50. The molecule has 1 aromatic carbocycles. The van der Waals surface area contributed by atoms with Crippen LogP contribution in [0.4, 0.5) is 14.5 Å². The zero-order chi connectivity index (χ0) is 12.5. The van der Waals surface area contributed by atoms with Crippen LogP contribution < -0.4 is 0 Å². The number of hydrogen-bond acceptors (Lipinski definition) is 4. The lowest BCUT2D eigenvalue weighted by Gasteiger charge is -2.02. The van der Waals surface area contributed by atoms with Crippen LogP contribution in [-0.2, 0) is 9.84 Å². The molecule has 5 nitrogen and oxygen atoms in total. The minimum absolute atomic E-state index is 0.333. The SMILES string of the molecule is C=CS(=O)(=O)c1c(F)cc([N+](=O)[O-])cc1F. The van der Waals surface area contributed by atoms with E-state index in [2.05, 4.69) is 6.58 Å². The fourth-order valence-electron chi connectivity index (χ4n) is 1.01. The first-order valence-electron chi connectivity index (χ1n) is 3.80. The van der Waals surface area contributed by atoms with E-state index in [-0.39, 0.29) is 0 Å². The lowest BCUT2D eigenvalue weighted by molar-refractivity contribution is -0.385. The summed E-state index contributed by atoms with van der Waals surface area (Å²) in [6, 6.07) is 0.666. The molecule has 0 fully saturated rings. The number of halogens is 2. The van der Waals surface area contributed by atoms with Gasteiger partial charge in [-0.15, -0.1) is 0 Å². The van der Waals surface area contributed by atoms with Crippen LogP contribution in [-0.4, -0.2) is 13.3 Å². The molecule has 0 unspecified atom stereocenters. The smallest absolute Gasteiger partial charge is 0.258 e. The van der Waals surface area contributed by atoms with Gasteiger partial charge in [0, 0.05) is 5.41 Å². The fraction of sp³-hybridized carbons (Fsp3) is 0. The number of nitrogens with zero attached hydrogens (tertiary/aromatic N) is 1. The fourth-order valence-corrected chi connectivity index (χ4v) is 1.84. The van der Waals surface area contributed by atoms with Crippen LogP contribution >= 0.6 is 0 Å². The molecule has 8 heteroatoms. The van der Waals surface area contributed by atoms with Gasteiger partial charge in [-0.25, -0.2) is 17.2 Å². The molecular weight excluding hydrogens is 244 g/mol. The maximum atomic E-state index is 13.2. The summed E-state index contributed by atoms with van der Waals surface area (Å²) in [5.41, 5.74) is -0.863. The lowest BCUT2D eigenvalue weighted by atomic mass is 10.3. The van der Waals surface area contributed by atoms with E-state index in [1.165, 1.54) is 0 Å². The molecule has 86 valence electrons.